The summed E-state index contributed by atoms with van der Waals surface area (Å²) in [4.78, 5) is 13.6. The second-order valence-electron chi connectivity index (χ2n) is 3.65. The van der Waals surface area contributed by atoms with Gasteiger partial charge in [0.1, 0.15) is 0 Å². The Hall–Kier alpha value is -0.300. The zero-order valence-corrected chi connectivity index (χ0v) is 10.4. The monoisotopic (exact) mass is 247 g/mol. The molecule has 1 heterocycles. The van der Waals surface area contributed by atoms with Gasteiger partial charge in [-0.15, -0.1) is 0 Å². The summed E-state index contributed by atoms with van der Waals surface area (Å²) in [5, 5.41) is 2.91. The van der Waals surface area contributed by atoms with Gasteiger partial charge in [0.2, 0.25) is 5.91 Å². The first-order chi connectivity index (χ1) is 7.83. The van der Waals surface area contributed by atoms with Gasteiger partial charge in [-0.3, -0.25) is 9.69 Å². The van der Waals surface area contributed by atoms with Crippen LogP contribution in [0.4, 0.5) is 0 Å². The average Bonchev–Trinajstić information content (AvgIpc) is 2.31. The first-order valence-corrected chi connectivity index (χ1v) is 6.83. The highest BCUT2D eigenvalue weighted by Crippen LogP contribution is 1.97. The lowest BCUT2D eigenvalue weighted by Crippen LogP contribution is -2.41. The molecule has 0 unspecified atom stereocenters. The molecule has 6 heteroatoms. The van der Waals surface area contributed by atoms with Gasteiger partial charge in [-0.05, 0) is 0 Å². The Morgan fingerprint density at radius 3 is 2.88 bits per heavy atom. The number of thioether (sulfide) groups is 1. The van der Waals surface area contributed by atoms with Crippen LogP contribution in [0.3, 0.4) is 0 Å². The van der Waals surface area contributed by atoms with Crippen LogP contribution in [0.15, 0.2) is 0 Å². The molecule has 0 aromatic rings. The third-order valence-electron chi connectivity index (χ3n) is 2.35. The maximum Gasteiger partial charge on any atom is 0.230 e. The number of carbonyl (C=O) groups is 1. The molecule has 0 atom stereocenters. The highest BCUT2D eigenvalue weighted by Gasteiger charge is 2.09. The van der Waals surface area contributed by atoms with Crippen LogP contribution in [0, 0.1) is 0 Å². The minimum absolute atomic E-state index is 0.103. The van der Waals surface area contributed by atoms with Gasteiger partial charge >= 0.3 is 0 Å². The summed E-state index contributed by atoms with van der Waals surface area (Å²) in [6.45, 7) is 5.82. The minimum Gasteiger partial charge on any atom is -0.379 e. The molecule has 0 aromatic carbocycles. The molecule has 1 amide bonds. The second-order valence-corrected chi connectivity index (χ2v) is 4.75. The molecule has 1 aliphatic rings. The largest absolute Gasteiger partial charge is 0.379 e. The fourth-order valence-electron chi connectivity index (χ4n) is 1.48. The quantitative estimate of drug-likeness (QED) is 0.572. The molecule has 0 spiro atoms. The highest BCUT2D eigenvalue weighted by atomic mass is 32.2. The number of nitrogens with one attached hydrogen (secondary N) is 1. The van der Waals surface area contributed by atoms with Crippen LogP contribution in [0.25, 0.3) is 0 Å². The van der Waals surface area contributed by atoms with Crippen molar-refractivity contribution in [2.75, 3.05) is 57.4 Å². The number of hydrogen-bond acceptors (Lipinski definition) is 5. The Balaban J connectivity index is 1.94. The van der Waals surface area contributed by atoms with Crippen molar-refractivity contribution in [3.05, 3.63) is 0 Å². The predicted molar refractivity (Wildman–Crippen MR) is 66.6 cm³/mol. The first-order valence-electron chi connectivity index (χ1n) is 5.67. The number of morpholine rings is 1. The van der Waals surface area contributed by atoms with Gasteiger partial charge in [0.25, 0.3) is 0 Å². The maximum atomic E-state index is 11.3. The van der Waals surface area contributed by atoms with E-state index in [1.807, 2.05) is 0 Å². The summed E-state index contributed by atoms with van der Waals surface area (Å²) in [6, 6.07) is 0. The molecule has 94 valence electrons. The summed E-state index contributed by atoms with van der Waals surface area (Å²) in [7, 11) is 0. The van der Waals surface area contributed by atoms with Gasteiger partial charge in [-0.25, -0.2) is 0 Å². The molecular weight excluding hydrogens is 226 g/mol. The number of amides is 1. The highest BCUT2D eigenvalue weighted by molar-refractivity contribution is 7.99. The van der Waals surface area contributed by atoms with Crippen molar-refractivity contribution < 1.29 is 9.53 Å². The van der Waals surface area contributed by atoms with Gasteiger partial charge in [-0.2, -0.15) is 11.8 Å². The Bertz CT molecular complexity index is 199. The van der Waals surface area contributed by atoms with Gasteiger partial charge in [0.05, 0.1) is 19.0 Å². The Morgan fingerprint density at radius 1 is 1.44 bits per heavy atom. The van der Waals surface area contributed by atoms with E-state index in [1.165, 1.54) is 0 Å². The van der Waals surface area contributed by atoms with E-state index in [1.54, 1.807) is 11.8 Å². The van der Waals surface area contributed by atoms with E-state index < -0.39 is 0 Å². The second kappa shape index (κ2) is 8.81. The van der Waals surface area contributed by atoms with Crippen molar-refractivity contribution in [3.8, 4) is 0 Å². The smallest absolute Gasteiger partial charge is 0.230 e. The number of rotatable bonds is 7. The summed E-state index contributed by atoms with van der Waals surface area (Å²) in [5.41, 5.74) is 5.34. The third kappa shape index (κ3) is 6.32. The molecule has 0 bridgehead atoms. The summed E-state index contributed by atoms with van der Waals surface area (Å²) < 4.78 is 5.25. The van der Waals surface area contributed by atoms with Crippen LogP contribution in [-0.4, -0.2) is 68.3 Å². The number of nitrogens with zero attached hydrogens (tertiary/aromatic N) is 1. The molecular formula is C10H21N3O2S. The lowest BCUT2D eigenvalue weighted by molar-refractivity contribution is -0.118. The molecule has 0 saturated carbocycles. The topological polar surface area (TPSA) is 67.6 Å². The van der Waals surface area contributed by atoms with Crippen molar-refractivity contribution in [2.24, 2.45) is 5.73 Å². The third-order valence-corrected chi connectivity index (χ3v) is 3.34. The molecule has 1 fully saturated rings. The van der Waals surface area contributed by atoms with E-state index in [-0.39, 0.29) is 5.91 Å². The lowest BCUT2D eigenvalue weighted by atomic mass is 10.4. The SMILES string of the molecule is NCCSCC(=O)NCCN1CCOCC1. The molecule has 5 nitrogen and oxygen atoms in total. The van der Waals surface area contributed by atoms with Crippen molar-refractivity contribution in [2.45, 2.75) is 0 Å². The van der Waals surface area contributed by atoms with Gasteiger partial charge < -0.3 is 15.8 Å². The van der Waals surface area contributed by atoms with Crippen molar-refractivity contribution in [1.82, 2.24) is 10.2 Å². The first kappa shape index (κ1) is 13.8. The van der Waals surface area contributed by atoms with Crippen LogP contribution < -0.4 is 11.1 Å². The van der Waals surface area contributed by atoms with E-state index in [4.69, 9.17) is 10.5 Å². The van der Waals surface area contributed by atoms with Crippen molar-refractivity contribution >= 4 is 17.7 Å². The molecule has 0 radical (unpaired) electrons. The van der Waals surface area contributed by atoms with Gasteiger partial charge in [0.15, 0.2) is 0 Å². The standard InChI is InChI=1S/C10H21N3O2S/c11-1-8-16-9-10(14)12-2-3-13-4-6-15-7-5-13/h1-9,11H2,(H,12,14). The van der Waals surface area contributed by atoms with Crippen molar-refractivity contribution in [3.63, 3.8) is 0 Å². The van der Waals surface area contributed by atoms with Crippen LogP contribution in [0.2, 0.25) is 0 Å². The van der Waals surface area contributed by atoms with Crippen LogP contribution in [0.5, 0.6) is 0 Å². The molecule has 3 N–H and O–H groups in total. The molecule has 16 heavy (non-hydrogen) atoms. The fourth-order valence-corrected chi connectivity index (χ4v) is 2.08. The Labute approximate surface area is 101 Å². The normalized spacial score (nSPS) is 17.3. The number of nitrogens with two attached hydrogens (primary N) is 1. The summed E-state index contributed by atoms with van der Waals surface area (Å²) in [5.74, 6) is 1.46. The zero-order valence-electron chi connectivity index (χ0n) is 9.61. The fraction of sp³-hybridized carbons (Fsp3) is 0.900. The van der Waals surface area contributed by atoms with Gasteiger partial charge in [-0.1, -0.05) is 0 Å². The lowest BCUT2D eigenvalue weighted by Gasteiger charge is -2.26. The predicted octanol–water partition coefficient (Wildman–Crippen LogP) is -0.873. The zero-order chi connectivity index (χ0) is 11.6. The average molecular weight is 247 g/mol. The van der Waals surface area contributed by atoms with E-state index in [2.05, 4.69) is 10.2 Å². The Kier molecular flexibility index (Phi) is 7.58. The van der Waals surface area contributed by atoms with E-state index >= 15 is 0 Å². The molecule has 0 aliphatic carbocycles. The number of ether oxygens (including phenoxy) is 1. The van der Waals surface area contributed by atoms with E-state index in [9.17, 15) is 4.79 Å². The summed E-state index contributed by atoms with van der Waals surface area (Å²) in [6.07, 6.45) is 0. The van der Waals surface area contributed by atoms with Crippen molar-refractivity contribution in [1.29, 1.82) is 0 Å². The Morgan fingerprint density at radius 2 is 2.19 bits per heavy atom. The van der Waals surface area contributed by atoms with Crippen LogP contribution in [0.1, 0.15) is 0 Å². The van der Waals surface area contributed by atoms with Gasteiger partial charge in [0, 0.05) is 38.5 Å². The minimum atomic E-state index is 0.103. The molecule has 1 rings (SSSR count). The molecule has 1 aliphatic heterocycles. The number of carbonyl (C=O) groups excluding carboxylic acids is 1. The van der Waals surface area contributed by atoms with E-state index in [0.717, 1.165) is 45.1 Å². The maximum absolute atomic E-state index is 11.3. The summed E-state index contributed by atoms with van der Waals surface area (Å²) >= 11 is 1.58. The molecule has 0 aromatic heterocycles. The van der Waals surface area contributed by atoms with Crippen LogP contribution in [-0.2, 0) is 9.53 Å². The number of hydrogen-bond donors (Lipinski definition) is 2. The van der Waals surface area contributed by atoms with E-state index in [0.29, 0.717) is 12.3 Å². The molecule has 1 saturated heterocycles. The van der Waals surface area contributed by atoms with Crippen LogP contribution >= 0.6 is 11.8 Å².